The van der Waals surface area contributed by atoms with Gasteiger partial charge in [-0.2, -0.15) is 0 Å². The second kappa shape index (κ2) is 7.06. The van der Waals surface area contributed by atoms with Crippen LogP contribution in [0.25, 0.3) is 10.9 Å². The smallest absolute Gasteiger partial charge is 0.265 e. The highest BCUT2D eigenvalue weighted by Gasteiger charge is 2.18. The zero-order valence-electron chi connectivity index (χ0n) is 14.4. The Bertz CT molecular complexity index is 926. The molecule has 25 heavy (non-hydrogen) atoms. The van der Waals surface area contributed by atoms with Gasteiger partial charge in [0.15, 0.2) is 5.13 Å². The summed E-state index contributed by atoms with van der Waals surface area (Å²) in [6, 6.07) is 8.02. The molecule has 2 aromatic heterocycles. The first kappa shape index (κ1) is 17.2. The van der Waals surface area contributed by atoms with Crippen LogP contribution >= 0.6 is 11.3 Å². The summed E-state index contributed by atoms with van der Waals surface area (Å²) >= 11 is 1.21. The van der Waals surface area contributed by atoms with Gasteiger partial charge in [-0.05, 0) is 25.0 Å². The Balaban J connectivity index is 1.63. The number of hydrogen-bond donors (Lipinski definition) is 2. The standard InChI is InChI=1S/C18H20N4O2S/c1-11-16(17(24)22(2)3)25-18(20-11)21-15(23)9-8-12-10-19-14-7-5-4-6-13(12)14/h4-7,10,19H,8-9H2,1-3H3,(H,20,21,23). The molecule has 0 saturated carbocycles. The molecule has 0 atom stereocenters. The van der Waals surface area contributed by atoms with Crippen molar-refractivity contribution in [1.29, 1.82) is 0 Å². The van der Waals surface area contributed by atoms with Crippen molar-refractivity contribution < 1.29 is 9.59 Å². The van der Waals surface area contributed by atoms with Gasteiger partial charge in [-0.15, -0.1) is 0 Å². The maximum atomic E-state index is 12.2. The molecule has 0 saturated heterocycles. The number of rotatable bonds is 5. The number of aromatic amines is 1. The largest absolute Gasteiger partial charge is 0.361 e. The molecule has 0 aliphatic carbocycles. The van der Waals surface area contributed by atoms with Crippen LogP contribution in [0.3, 0.4) is 0 Å². The van der Waals surface area contributed by atoms with E-state index in [1.165, 1.54) is 16.2 Å². The summed E-state index contributed by atoms with van der Waals surface area (Å²) in [5.74, 6) is -0.211. The average molecular weight is 356 g/mol. The van der Waals surface area contributed by atoms with Gasteiger partial charge < -0.3 is 15.2 Å². The number of aromatic nitrogens is 2. The highest BCUT2D eigenvalue weighted by molar-refractivity contribution is 7.17. The van der Waals surface area contributed by atoms with Gasteiger partial charge in [0.2, 0.25) is 5.91 Å². The van der Waals surface area contributed by atoms with Crippen LogP contribution in [0.1, 0.15) is 27.3 Å². The normalized spacial score (nSPS) is 10.8. The minimum Gasteiger partial charge on any atom is -0.361 e. The molecule has 3 aromatic rings. The van der Waals surface area contributed by atoms with Crippen LogP contribution in [0.2, 0.25) is 0 Å². The van der Waals surface area contributed by atoms with Crippen LogP contribution in [0.15, 0.2) is 30.5 Å². The summed E-state index contributed by atoms with van der Waals surface area (Å²) in [5.41, 5.74) is 2.82. The molecule has 6 nitrogen and oxygen atoms in total. The molecule has 0 spiro atoms. The van der Waals surface area contributed by atoms with E-state index in [0.29, 0.717) is 28.5 Å². The van der Waals surface area contributed by atoms with E-state index in [1.807, 2.05) is 30.5 Å². The number of carbonyl (C=O) groups is 2. The fourth-order valence-corrected chi connectivity index (χ4v) is 3.62. The maximum Gasteiger partial charge on any atom is 0.265 e. The Hall–Kier alpha value is -2.67. The Morgan fingerprint density at radius 2 is 2.04 bits per heavy atom. The lowest BCUT2D eigenvalue weighted by atomic mass is 10.1. The van der Waals surface area contributed by atoms with Crippen molar-refractivity contribution in [2.45, 2.75) is 19.8 Å². The van der Waals surface area contributed by atoms with Gasteiger partial charge >= 0.3 is 0 Å². The minimum atomic E-state index is -0.108. The minimum absolute atomic E-state index is 0.103. The second-order valence-electron chi connectivity index (χ2n) is 6.04. The number of hydrogen-bond acceptors (Lipinski definition) is 4. The number of anilines is 1. The molecule has 1 aromatic carbocycles. The molecule has 2 amide bonds. The van der Waals surface area contributed by atoms with Crippen molar-refractivity contribution in [1.82, 2.24) is 14.9 Å². The van der Waals surface area contributed by atoms with Crippen LogP contribution in [0, 0.1) is 6.92 Å². The SMILES string of the molecule is Cc1nc(NC(=O)CCc2c[nH]c3ccccc23)sc1C(=O)N(C)C. The summed E-state index contributed by atoms with van der Waals surface area (Å²) in [4.78, 5) is 33.8. The van der Waals surface area contributed by atoms with Crippen molar-refractivity contribution in [3.63, 3.8) is 0 Å². The van der Waals surface area contributed by atoms with E-state index in [0.717, 1.165) is 16.5 Å². The van der Waals surface area contributed by atoms with Crippen molar-refractivity contribution in [2.75, 3.05) is 19.4 Å². The summed E-state index contributed by atoms with van der Waals surface area (Å²) in [7, 11) is 3.39. The van der Waals surface area contributed by atoms with Crippen molar-refractivity contribution in [2.24, 2.45) is 0 Å². The number of fused-ring (bicyclic) bond motifs is 1. The first-order valence-electron chi connectivity index (χ1n) is 7.99. The van der Waals surface area contributed by atoms with Crippen molar-refractivity contribution in [3.8, 4) is 0 Å². The molecule has 0 bridgehead atoms. The van der Waals surface area contributed by atoms with Gasteiger partial charge in [0.05, 0.1) is 5.69 Å². The van der Waals surface area contributed by atoms with E-state index < -0.39 is 0 Å². The Labute approximate surface area is 149 Å². The molecular formula is C18H20N4O2S. The summed E-state index contributed by atoms with van der Waals surface area (Å²) in [6.07, 6.45) is 2.94. The quantitative estimate of drug-likeness (QED) is 0.737. The lowest BCUT2D eigenvalue weighted by molar-refractivity contribution is -0.116. The Morgan fingerprint density at radius 3 is 2.80 bits per heavy atom. The molecule has 0 aliphatic rings. The van der Waals surface area contributed by atoms with Gasteiger partial charge in [-0.1, -0.05) is 29.5 Å². The highest BCUT2D eigenvalue weighted by atomic mass is 32.1. The topological polar surface area (TPSA) is 78.1 Å². The zero-order valence-corrected chi connectivity index (χ0v) is 15.2. The number of H-pyrrole nitrogens is 1. The molecule has 130 valence electrons. The van der Waals surface area contributed by atoms with Crippen molar-refractivity contribution >= 4 is 39.2 Å². The maximum absolute atomic E-state index is 12.2. The molecule has 2 heterocycles. The van der Waals surface area contributed by atoms with Gasteiger partial charge in [0.1, 0.15) is 4.88 Å². The van der Waals surface area contributed by atoms with Gasteiger partial charge in [-0.25, -0.2) is 4.98 Å². The number of benzene rings is 1. The summed E-state index contributed by atoms with van der Waals surface area (Å²) in [6.45, 7) is 1.77. The predicted molar refractivity (Wildman–Crippen MR) is 100 cm³/mol. The number of para-hydroxylation sites is 1. The highest BCUT2D eigenvalue weighted by Crippen LogP contribution is 2.24. The van der Waals surface area contributed by atoms with E-state index in [4.69, 9.17) is 0 Å². The van der Waals surface area contributed by atoms with E-state index in [2.05, 4.69) is 15.3 Å². The van der Waals surface area contributed by atoms with E-state index in [9.17, 15) is 9.59 Å². The number of amides is 2. The van der Waals surface area contributed by atoms with Gasteiger partial charge in [-0.3, -0.25) is 9.59 Å². The third-order valence-corrected chi connectivity index (χ3v) is 5.00. The molecule has 7 heteroatoms. The Morgan fingerprint density at radius 1 is 1.28 bits per heavy atom. The predicted octanol–water partition coefficient (Wildman–Crippen LogP) is 3.21. The molecule has 3 rings (SSSR count). The molecule has 0 aliphatic heterocycles. The van der Waals surface area contributed by atoms with E-state index >= 15 is 0 Å². The molecular weight excluding hydrogens is 336 g/mol. The van der Waals surface area contributed by atoms with Crippen LogP contribution < -0.4 is 5.32 Å². The third-order valence-electron chi connectivity index (χ3n) is 3.94. The summed E-state index contributed by atoms with van der Waals surface area (Å²) < 4.78 is 0. The first-order valence-corrected chi connectivity index (χ1v) is 8.81. The number of nitrogens with zero attached hydrogens (tertiary/aromatic N) is 2. The van der Waals surface area contributed by atoms with Crippen molar-refractivity contribution in [3.05, 3.63) is 46.6 Å². The monoisotopic (exact) mass is 356 g/mol. The fourth-order valence-electron chi connectivity index (χ4n) is 2.62. The number of aryl methyl sites for hydroxylation is 2. The lowest BCUT2D eigenvalue weighted by Crippen LogP contribution is -2.21. The molecule has 0 unspecified atom stereocenters. The summed E-state index contributed by atoms with van der Waals surface area (Å²) in [5, 5.41) is 4.40. The number of thiazole rings is 1. The molecule has 0 fully saturated rings. The van der Waals surface area contributed by atoms with E-state index in [1.54, 1.807) is 21.0 Å². The van der Waals surface area contributed by atoms with Gasteiger partial charge in [0, 0.05) is 37.6 Å². The average Bonchev–Trinajstić information content (AvgIpc) is 3.15. The third kappa shape index (κ3) is 3.71. The molecule has 2 N–H and O–H groups in total. The van der Waals surface area contributed by atoms with E-state index in [-0.39, 0.29) is 11.8 Å². The van der Waals surface area contributed by atoms with Crippen LogP contribution in [-0.2, 0) is 11.2 Å². The van der Waals surface area contributed by atoms with Crippen LogP contribution in [0.4, 0.5) is 5.13 Å². The van der Waals surface area contributed by atoms with Gasteiger partial charge in [0.25, 0.3) is 5.91 Å². The fraction of sp³-hybridized carbons (Fsp3) is 0.278. The lowest BCUT2D eigenvalue weighted by Gasteiger charge is -2.07. The van der Waals surface area contributed by atoms with Crippen LogP contribution in [0.5, 0.6) is 0 Å². The zero-order chi connectivity index (χ0) is 18.0. The first-order chi connectivity index (χ1) is 12.0. The Kier molecular flexibility index (Phi) is 4.85. The number of nitrogens with one attached hydrogen (secondary N) is 2. The number of carbonyl (C=O) groups excluding carboxylic acids is 2. The second-order valence-corrected chi connectivity index (χ2v) is 7.04. The molecule has 0 radical (unpaired) electrons. The van der Waals surface area contributed by atoms with Crippen LogP contribution in [-0.4, -0.2) is 40.8 Å².